The van der Waals surface area contributed by atoms with Gasteiger partial charge in [-0.25, -0.2) is 28.3 Å². The third kappa shape index (κ3) is 15.8. The maximum Gasteiger partial charge on any atom is 0.328 e. The van der Waals surface area contributed by atoms with Crippen LogP contribution in [0.15, 0.2) is 27.5 Å². The predicted octanol–water partition coefficient (Wildman–Crippen LogP) is 1.36. The number of nitrogens with one attached hydrogen (secondary N) is 3. The second kappa shape index (κ2) is 16.9. The van der Waals surface area contributed by atoms with Crippen molar-refractivity contribution in [2.45, 2.75) is 18.1 Å². The second-order valence-corrected chi connectivity index (χ2v) is 7.79. The van der Waals surface area contributed by atoms with Gasteiger partial charge in [-0.05, 0) is 0 Å². The van der Waals surface area contributed by atoms with Crippen LogP contribution in [-0.4, -0.2) is 77.3 Å². The summed E-state index contributed by atoms with van der Waals surface area (Å²) in [5.74, 6) is -5.46. The summed E-state index contributed by atoms with van der Waals surface area (Å²) in [6.45, 7) is -0.826. The van der Waals surface area contributed by atoms with E-state index in [2.05, 4.69) is 30.9 Å². The van der Waals surface area contributed by atoms with Gasteiger partial charge in [-0.2, -0.15) is 25.8 Å². The number of aliphatic imine (C=N–C) groups is 2. The molecule has 0 fully saturated rings. The molecule has 1 rings (SSSR count). The van der Waals surface area contributed by atoms with E-state index in [0.717, 1.165) is 11.4 Å². The lowest BCUT2D eigenvalue weighted by atomic mass is 10.3. The minimum Gasteiger partial charge on any atom is -0.478 e. The molecule has 18 heteroatoms. The van der Waals surface area contributed by atoms with Gasteiger partial charge in [-0.3, -0.25) is 10.3 Å². The number of hydrogen-bond donors (Lipinski definition) is 6. The van der Waals surface area contributed by atoms with Crippen molar-refractivity contribution in [3.05, 3.63) is 23.2 Å². The van der Waals surface area contributed by atoms with Crippen LogP contribution in [0, 0.1) is 11.5 Å². The summed E-state index contributed by atoms with van der Waals surface area (Å²) in [7, 11) is 1.55. The molecule has 1 heterocycles. The highest BCUT2D eigenvalue weighted by atomic mass is 32.2. The number of nitrogens with two attached hydrogens (primary N) is 1. The van der Waals surface area contributed by atoms with E-state index in [1.54, 1.807) is 30.4 Å². The molecule has 0 bridgehead atoms. The molecule has 0 spiro atoms. The number of thioether (sulfide) groups is 1. The number of carboxylic acid groups (broad SMARTS) is 2. The fraction of sp³-hybridized carbons (Fsp3) is 0.412. The summed E-state index contributed by atoms with van der Waals surface area (Å²) < 4.78 is 49.7. The van der Waals surface area contributed by atoms with Crippen LogP contribution in [0.2, 0.25) is 0 Å². The number of aromatic nitrogens is 1. The minimum atomic E-state index is -4.23. The van der Waals surface area contributed by atoms with Gasteiger partial charge in [0.25, 0.3) is 0 Å². The number of anilines is 1. The minimum absolute atomic E-state index is 0.323. The van der Waals surface area contributed by atoms with Gasteiger partial charge in [0.1, 0.15) is 6.54 Å². The molecule has 0 aromatic carbocycles. The Bertz CT molecular complexity index is 935. The van der Waals surface area contributed by atoms with Gasteiger partial charge in [-0.15, -0.1) is 11.3 Å². The van der Waals surface area contributed by atoms with E-state index in [0.29, 0.717) is 35.5 Å². The van der Waals surface area contributed by atoms with Crippen LogP contribution in [0.3, 0.4) is 0 Å². The SMILES string of the molecule is CN=C(NC#N)NCCSCc1csc(NC(N)=NCC(F)(F)C(F)F)n1.O=C(O)/C=C\C(=O)O. The third-order valence-electron chi connectivity index (χ3n) is 3.12. The van der Waals surface area contributed by atoms with Crippen molar-refractivity contribution in [3.8, 4) is 6.19 Å². The molecular formula is C17H22F4N8O4S2. The number of aliphatic carboxylic acids is 2. The fourth-order valence-electron chi connectivity index (χ4n) is 1.63. The van der Waals surface area contributed by atoms with E-state index in [4.69, 9.17) is 21.2 Å². The standard InChI is InChI=1S/C13H18F4N8S2.C4H4O4/c1-20-11(23-7-18)21-2-3-26-4-8-5-27-12(24-8)25-10(19)22-6-13(16,17)9(14)15;5-3(6)1-2-4(7)8/h5,9H,2-4,6H2,1H3,(H2,20,21,23)(H3,19,22,24,25);1-2H,(H,5,6)(H,7,8)/b;2-1-. The summed E-state index contributed by atoms with van der Waals surface area (Å²) >= 11 is 2.75. The lowest BCUT2D eigenvalue weighted by molar-refractivity contribution is -0.134. The summed E-state index contributed by atoms with van der Waals surface area (Å²) in [4.78, 5) is 30.4. The van der Waals surface area contributed by atoms with E-state index in [9.17, 15) is 27.2 Å². The lowest BCUT2D eigenvalue weighted by Crippen LogP contribution is -2.35. The van der Waals surface area contributed by atoms with Gasteiger partial charge in [0.05, 0.1) is 5.69 Å². The molecule has 0 aliphatic heterocycles. The number of nitriles is 1. The zero-order valence-electron chi connectivity index (χ0n) is 18.0. The number of thiazole rings is 1. The van der Waals surface area contributed by atoms with Crippen molar-refractivity contribution in [2.24, 2.45) is 15.7 Å². The second-order valence-electron chi connectivity index (χ2n) is 5.83. The van der Waals surface area contributed by atoms with Crippen LogP contribution >= 0.6 is 23.1 Å². The predicted molar refractivity (Wildman–Crippen MR) is 124 cm³/mol. The van der Waals surface area contributed by atoms with E-state index in [-0.39, 0.29) is 0 Å². The Balaban J connectivity index is 0.00000124. The van der Waals surface area contributed by atoms with Crippen molar-refractivity contribution in [2.75, 3.05) is 31.2 Å². The number of hydrogen-bond acceptors (Lipinski definition) is 8. The maximum absolute atomic E-state index is 12.8. The van der Waals surface area contributed by atoms with E-state index in [1.165, 1.54) is 11.3 Å². The Hall–Kier alpha value is -3.59. The molecular weight excluding hydrogens is 520 g/mol. The molecule has 0 atom stereocenters. The Kier molecular flexibility index (Phi) is 15.2. The molecule has 0 saturated carbocycles. The summed E-state index contributed by atoms with van der Waals surface area (Å²) in [6, 6.07) is 0. The van der Waals surface area contributed by atoms with E-state index < -0.39 is 36.8 Å². The van der Waals surface area contributed by atoms with Crippen LogP contribution in [-0.2, 0) is 15.3 Å². The Labute approximate surface area is 205 Å². The van der Waals surface area contributed by atoms with Crippen LogP contribution in [0.4, 0.5) is 22.7 Å². The molecule has 194 valence electrons. The molecule has 35 heavy (non-hydrogen) atoms. The number of carbonyl (C=O) groups is 2. The van der Waals surface area contributed by atoms with Gasteiger partial charge < -0.3 is 26.6 Å². The molecule has 7 N–H and O–H groups in total. The highest BCUT2D eigenvalue weighted by Gasteiger charge is 2.40. The molecule has 0 saturated heterocycles. The normalized spacial score (nSPS) is 12.0. The molecule has 0 aliphatic carbocycles. The maximum atomic E-state index is 12.8. The van der Waals surface area contributed by atoms with Crippen LogP contribution in [0.1, 0.15) is 5.69 Å². The van der Waals surface area contributed by atoms with Crippen LogP contribution < -0.4 is 21.7 Å². The van der Waals surface area contributed by atoms with Crippen molar-refractivity contribution >= 4 is 52.1 Å². The number of halogens is 4. The monoisotopic (exact) mass is 542 g/mol. The number of rotatable bonds is 11. The summed E-state index contributed by atoms with van der Waals surface area (Å²) in [5, 5.41) is 34.0. The van der Waals surface area contributed by atoms with E-state index in [1.807, 2.05) is 0 Å². The van der Waals surface area contributed by atoms with Gasteiger partial charge in [0.15, 0.2) is 17.3 Å². The Morgan fingerprint density at radius 2 is 2.00 bits per heavy atom. The zero-order valence-corrected chi connectivity index (χ0v) is 19.7. The van der Waals surface area contributed by atoms with Crippen LogP contribution in [0.5, 0.6) is 0 Å². The number of alkyl halides is 4. The molecule has 1 aromatic rings. The van der Waals surface area contributed by atoms with Gasteiger partial charge in [-0.1, -0.05) is 0 Å². The first-order chi connectivity index (χ1) is 16.4. The first kappa shape index (κ1) is 31.4. The highest BCUT2D eigenvalue weighted by molar-refractivity contribution is 7.98. The molecule has 0 amide bonds. The highest BCUT2D eigenvalue weighted by Crippen LogP contribution is 2.23. The number of nitrogens with zero attached hydrogens (tertiary/aromatic N) is 4. The van der Waals surface area contributed by atoms with Crippen LogP contribution in [0.25, 0.3) is 0 Å². The first-order valence-corrected chi connectivity index (χ1v) is 11.2. The zero-order chi connectivity index (χ0) is 26.9. The molecule has 0 radical (unpaired) electrons. The molecule has 0 aliphatic rings. The Morgan fingerprint density at radius 1 is 1.37 bits per heavy atom. The van der Waals surface area contributed by atoms with Crippen molar-refractivity contribution in [3.63, 3.8) is 0 Å². The van der Waals surface area contributed by atoms with Gasteiger partial charge in [0, 0.05) is 42.6 Å². The quantitative estimate of drug-likeness (QED) is 0.0449. The average Bonchev–Trinajstić information content (AvgIpc) is 3.22. The smallest absolute Gasteiger partial charge is 0.328 e. The topological polar surface area (TPSA) is 198 Å². The van der Waals surface area contributed by atoms with Gasteiger partial charge >= 0.3 is 24.3 Å². The van der Waals surface area contributed by atoms with Crippen molar-refractivity contribution < 1.29 is 37.4 Å². The fourth-order valence-corrected chi connectivity index (χ4v) is 3.20. The van der Waals surface area contributed by atoms with Gasteiger partial charge in [0.2, 0.25) is 5.96 Å². The number of guanidine groups is 2. The first-order valence-electron chi connectivity index (χ1n) is 9.16. The molecule has 0 unspecified atom stereocenters. The summed E-state index contributed by atoms with van der Waals surface area (Å²) in [5.41, 5.74) is 6.14. The lowest BCUT2D eigenvalue weighted by Gasteiger charge is -2.12. The Morgan fingerprint density at radius 3 is 2.51 bits per heavy atom. The van der Waals surface area contributed by atoms with E-state index >= 15 is 0 Å². The third-order valence-corrected chi connectivity index (χ3v) is 4.92. The number of carboxylic acids is 2. The summed E-state index contributed by atoms with van der Waals surface area (Å²) in [6.07, 6.45) is -0.925. The largest absolute Gasteiger partial charge is 0.478 e. The van der Waals surface area contributed by atoms with Crippen molar-refractivity contribution in [1.29, 1.82) is 5.26 Å². The average molecular weight is 543 g/mol. The van der Waals surface area contributed by atoms with Crippen molar-refractivity contribution in [1.82, 2.24) is 15.6 Å². The molecule has 1 aromatic heterocycles. The molecule has 12 nitrogen and oxygen atoms in total.